The molecule has 4 rings (SSSR count). The van der Waals surface area contributed by atoms with E-state index in [2.05, 4.69) is 10.6 Å². The topological polar surface area (TPSA) is 93.3 Å². The van der Waals surface area contributed by atoms with Gasteiger partial charge in [-0.25, -0.2) is 4.79 Å². The van der Waals surface area contributed by atoms with E-state index in [4.69, 9.17) is 4.42 Å². The molecule has 1 heterocycles. The molecular weight excluding hydrogens is 382 g/mol. The lowest BCUT2D eigenvalue weighted by Gasteiger charge is -2.14. The molecule has 7 nitrogen and oxygen atoms in total. The summed E-state index contributed by atoms with van der Waals surface area (Å²) < 4.78 is 6.52. The number of anilines is 2. The number of amides is 2. The molecular formula is C23H19N3O4. The third-order valence-electron chi connectivity index (χ3n) is 4.71. The summed E-state index contributed by atoms with van der Waals surface area (Å²) in [4.78, 5) is 37.3. The van der Waals surface area contributed by atoms with Crippen molar-refractivity contribution in [2.45, 2.75) is 13.0 Å². The third kappa shape index (κ3) is 3.86. The van der Waals surface area contributed by atoms with E-state index in [0.29, 0.717) is 28.0 Å². The monoisotopic (exact) mass is 401 g/mol. The van der Waals surface area contributed by atoms with Crippen molar-refractivity contribution in [1.29, 1.82) is 0 Å². The molecule has 150 valence electrons. The molecule has 7 heteroatoms. The summed E-state index contributed by atoms with van der Waals surface area (Å²) in [5.74, 6) is -1.22. The molecule has 0 spiro atoms. The molecule has 1 aromatic heterocycles. The van der Waals surface area contributed by atoms with Crippen LogP contribution in [0.2, 0.25) is 0 Å². The zero-order valence-corrected chi connectivity index (χ0v) is 16.2. The Balaban J connectivity index is 1.51. The predicted molar refractivity (Wildman–Crippen MR) is 115 cm³/mol. The maximum absolute atomic E-state index is 12.8. The van der Waals surface area contributed by atoms with Crippen LogP contribution in [0.5, 0.6) is 0 Å². The van der Waals surface area contributed by atoms with Crippen LogP contribution in [-0.2, 0) is 4.79 Å². The largest absolute Gasteiger partial charge is 0.420 e. The van der Waals surface area contributed by atoms with Crippen molar-refractivity contribution >= 4 is 34.3 Å². The van der Waals surface area contributed by atoms with Crippen LogP contribution in [0.25, 0.3) is 11.1 Å². The fraction of sp³-hybridized carbons (Fsp3) is 0.0870. The summed E-state index contributed by atoms with van der Waals surface area (Å²) in [5, 5.41) is 5.59. The molecule has 0 aliphatic rings. The Morgan fingerprint density at radius 3 is 2.30 bits per heavy atom. The first kappa shape index (κ1) is 19.2. The van der Waals surface area contributed by atoms with Crippen LogP contribution in [0.15, 0.2) is 88.1 Å². The summed E-state index contributed by atoms with van der Waals surface area (Å²) in [5.41, 5.74) is 2.55. The third-order valence-corrected chi connectivity index (χ3v) is 4.71. The van der Waals surface area contributed by atoms with Crippen molar-refractivity contribution in [2.24, 2.45) is 0 Å². The standard InChI is InChI=1S/C23H19N3O4/c1-15(26-19-12-5-6-13-20(19)30-23(26)29)21(27)24-17-10-7-11-18(14-17)25-22(28)16-8-3-2-4-9-16/h2-15H,1H3,(H,24,27)(H,25,28). The van der Waals surface area contributed by atoms with E-state index >= 15 is 0 Å². The van der Waals surface area contributed by atoms with Crippen LogP contribution in [0.4, 0.5) is 11.4 Å². The second-order valence-electron chi connectivity index (χ2n) is 6.77. The number of hydrogen-bond donors (Lipinski definition) is 2. The van der Waals surface area contributed by atoms with E-state index in [0.717, 1.165) is 0 Å². The molecule has 0 bridgehead atoms. The average Bonchev–Trinajstić information content (AvgIpc) is 3.09. The fourth-order valence-electron chi connectivity index (χ4n) is 3.18. The molecule has 2 N–H and O–H groups in total. The van der Waals surface area contributed by atoms with E-state index < -0.39 is 11.8 Å². The highest BCUT2D eigenvalue weighted by molar-refractivity contribution is 6.04. The molecule has 4 aromatic rings. The van der Waals surface area contributed by atoms with Gasteiger partial charge >= 0.3 is 5.76 Å². The van der Waals surface area contributed by atoms with E-state index in [-0.39, 0.29) is 11.8 Å². The molecule has 3 aromatic carbocycles. The van der Waals surface area contributed by atoms with Crippen LogP contribution in [0.1, 0.15) is 23.3 Å². The lowest BCUT2D eigenvalue weighted by Crippen LogP contribution is -2.29. The minimum absolute atomic E-state index is 0.246. The number of carbonyl (C=O) groups excluding carboxylic acids is 2. The highest BCUT2D eigenvalue weighted by Gasteiger charge is 2.21. The Labute approximate surface area is 171 Å². The van der Waals surface area contributed by atoms with Gasteiger partial charge < -0.3 is 15.1 Å². The quantitative estimate of drug-likeness (QED) is 0.528. The number of nitrogens with one attached hydrogen (secondary N) is 2. The van der Waals surface area contributed by atoms with Crippen LogP contribution >= 0.6 is 0 Å². The zero-order chi connectivity index (χ0) is 21.1. The fourth-order valence-corrected chi connectivity index (χ4v) is 3.18. The summed E-state index contributed by atoms with van der Waals surface area (Å²) in [6.45, 7) is 1.62. The van der Waals surface area contributed by atoms with Crippen molar-refractivity contribution < 1.29 is 14.0 Å². The SMILES string of the molecule is CC(C(=O)Nc1cccc(NC(=O)c2ccccc2)c1)n1c(=O)oc2ccccc21. The van der Waals surface area contributed by atoms with E-state index in [1.807, 2.05) is 6.07 Å². The predicted octanol–water partition coefficient (Wildman–Crippen LogP) is 4.05. The summed E-state index contributed by atoms with van der Waals surface area (Å²) in [6, 6.07) is 21.8. The molecule has 0 saturated heterocycles. The number of nitrogens with zero attached hydrogens (tertiary/aromatic N) is 1. The summed E-state index contributed by atoms with van der Waals surface area (Å²) >= 11 is 0. The van der Waals surface area contributed by atoms with Crippen molar-refractivity contribution in [3.8, 4) is 0 Å². The molecule has 1 atom stereocenters. The van der Waals surface area contributed by atoms with Crippen LogP contribution in [0.3, 0.4) is 0 Å². The van der Waals surface area contributed by atoms with Crippen molar-refractivity contribution in [3.63, 3.8) is 0 Å². The highest BCUT2D eigenvalue weighted by Crippen LogP contribution is 2.20. The molecule has 0 fully saturated rings. The number of aromatic nitrogens is 1. The number of fused-ring (bicyclic) bond motifs is 1. The Hall–Kier alpha value is -4.13. The minimum atomic E-state index is -0.788. The van der Waals surface area contributed by atoms with E-state index in [1.165, 1.54) is 4.57 Å². The normalized spacial score (nSPS) is 11.8. The Kier molecular flexibility index (Phi) is 5.17. The van der Waals surface area contributed by atoms with Gasteiger partial charge in [-0.05, 0) is 49.4 Å². The van der Waals surface area contributed by atoms with Gasteiger partial charge in [-0.2, -0.15) is 0 Å². The van der Waals surface area contributed by atoms with Gasteiger partial charge in [0.2, 0.25) is 5.91 Å². The number of para-hydroxylation sites is 2. The average molecular weight is 401 g/mol. The smallest absolute Gasteiger partial charge is 0.408 e. The Bertz CT molecular complexity index is 1270. The summed E-state index contributed by atoms with van der Waals surface area (Å²) in [6.07, 6.45) is 0. The van der Waals surface area contributed by atoms with Gasteiger partial charge in [-0.3, -0.25) is 14.2 Å². The lowest BCUT2D eigenvalue weighted by atomic mass is 10.2. The first-order valence-electron chi connectivity index (χ1n) is 9.40. The van der Waals surface area contributed by atoms with Crippen molar-refractivity contribution in [1.82, 2.24) is 4.57 Å². The maximum atomic E-state index is 12.8. The number of benzene rings is 3. The van der Waals surface area contributed by atoms with Gasteiger partial charge in [0.25, 0.3) is 5.91 Å². The minimum Gasteiger partial charge on any atom is -0.408 e. The number of rotatable bonds is 5. The molecule has 0 aliphatic carbocycles. The van der Waals surface area contributed by atoms with Gasteiger partial charge in [0, 0.05) is 16.9 Å². The van der Waals surface area contributed by atoms with Crippen molar-refractivity contribution in [3.05, 3.63) is 95.0 Å². The second-order valence-corrected chi connectivity index (χ2v) is 6.77. The maximum Gasteiger partial charge on any atom is 0.420 e. The molecule has 0 aliphatic heterocycles. The second kappa shape index (κ2) is 8.08. The molecule has 30 heavy (non-hydrogen) atoms. The molecule has 0 saturated carbocycles. The van der Waals surface area contributed by atoms with Crippen LogP contribution in [-0.4, -0.2) is 16.4 Å². The summed E-state index contributed by atoms with van der Waals surface area (Å²) in [7, 11) is 0. The van der Waals surface area contributed by atoms with Gasteiger partial charge in [-0.15, -0.1) is 0 Å². The van der Waals surface area contributed by atoms with Gasteiger partial charge in [-0.1, -0.05) is 36.4 Å². The van der Waals surface area contributed by atoms with Gasteiger partial charge in [0.1, 0.15) is 6.04 Å². The van der Waals surface area contributed by atoms with Crippen LogP contribution < -0.4 is 16.4 Å². The Morgan fingerprint density at radius 2 is 1.53 bits per heavy atom. The first-order chi connectivity index (χ1) is 14.5. The van der Waals surface area contributed by atoms with Gasteiger partial charge in [0.15, 0.2) is 5.58 Å². The molecule has 1 unspecified atom stereocenters. The Morgan fingerprint density at radius 1 is 0.867 bits per heavy atom. The van der Waals surface area contributed by atoms with E-state index in [1.54, 1.807) is 79.7 Å². The van der Waals surface area contributed by atoms with E-state index in [9.17, 15) is 14.4 Å². The van der Waals surface area contributed by atoms with Crippen LogP contribution in [0, 0.1) is 0 Å². The van der Waals surface area contributed by atoms with Crippen molar-refractivity contribution in [2.75, 3.05) is 10.6 Å². The lowest BCUT2D eigenvalue weighted by molar-refractivity contribution is -0.118. The van der Waals surface area contributed by atoms with Gasteiger partial charge in [0.05, 0.1) is 5.52 Å². The number of oxazole rings is 1. The molecule has 2 amide bonds. The first-order valence-corrected chi connectivity index (χ1v) is 9.40. The zero-order valence-electron chi connectivity index (χ0n) is 16.2. The number of hydrogen-bond acceptors (Lipinski definition) is 4. The highest BCUT2D eigenvalue weighted by atomic mass is 16.4. The number of carbonyl (C=O) groups is 2. The molecule has 0 radical (unpaired) electrons.